The summed E-state index contributed by atoms with van der Waals surface area (Å²) in [5.74, 6) is -0.122. The van der Waals surface area contributed by atoms with Crippen LogP contribution in [0.2, 0.25) is 0 Å². The van der Waals surface area contributed by atoms with Crippen molar-refractivity contribution in [1.29, 1.82) is 0 Å². The van der Waals surface area contributed by atoms with Crippen LogP contribution in [0.4, 0.5) is 0 Å². The summed E-state index contributed by atoms with van der Waals surface area (Å²) in [6.07, 6.45) is 6.56. The summed E-state index contributed by atoms with van der Waals surface area (Å²) in [4.78, 5) is 23.1. The zero-order chi connectivity index (χ0) is 16.1. The molecular formula is C18H22N4O. The SMILES string of the molecule is CN1CCC[C@@H]1c1ccnc(C(=O)NCCc2ccccn2)c1. The van der Waals surface area contributed by atoms with Crippen LogP contribution >= 0.6 is 0 Å². The number of rotatable bonds is 5. The van der Waals surface area contributed by atoms with Gasteiger partial charge in [-0.1, -0.05) is 6.07 Å². The smallest absolute Gasteiger partial charge is 0.269 e. The second-order valence-electron chi connectivity index (χ2n) is 5.94. The summed E-state index contributed by atoms with van der Waals surface area (Å²) < 4.78 is 0. The molecule has 5 nitrogen and oxygen atoms in total. The van der Waals surface area contributed by atoms with Gasteiger partial charge in [0.2, 0.25) is 0 Å². The summed E-state index contributed by atoms with van der Waals surface area (Å²) in [5, 5.41) is 2.92. The van der Waals surface area contributed by atoms with Crippen molar-refractivity contribution in [2.24, 2.45) is 0 Å². The summed E-state index contributed by atoms with van der Waals surface area (Å²) in [7, 11) is 2.13. The lowest BCUT2D eigenvalue weighted by atomic mass is 10.1. The summed E-state index contributed by atoms with van der Waals surface area (Å²) in [5.41, 5.74) is 2.64. The number of likely N-dealkylation sites (tertiary alicyclic amines) is 1. The zero-order valence-electron chi connectivity index (χ0n) is 13.4. The van der Waals surface area contributed by atoms with Crippen molar-refractivity contribution in [1.82, 2.24) is 20.2 Å². The normalized spacial score (nSPS) is 18.0. The largest absolute Gasteiger partial charge is 0.350 e. The quantitative estimate of drug-likeness (QED) is 0.920. The number of carbonyl (C=O) groups is 1. The second-order valence-corrected chi connectivity index (χ2v) is 5.94. The molecule has 1 saturated heterocycles. The van der Waals surface area contributed by atoms with E-state index in [2.05, 4.69) is 27.2 Å². The van der Waals surface area contributed by atoms with E-state index in [0.29, 0.717) is 18.3 Å². The fourth-order valence-electron chi connectivity index (χ4n) is 3.05. The van der Waals surface area contributed by atoms with Crippen molar-refractivity contribution < 1.29 is 4.79 Å². The molecule has 0 spiro atoms. The maximum atomic E-state index is 12.3. The summed E-state index contributed by atoms with van der Waals surface area (Å²) >= 11 is 0. The molecule has 0 radical (unpaired) electrons. The average Bonchev–Trinajstić information content (AvgIpc) is 3.02. The van der Waals surface area contributed by atoms with Crippen LogP contribution in [0.1, 0.15) is 40.6 Å². The van der Waals surface area contributed by atoms with Gasteiger partial charge in [-0.15, -0.1) is 0 Å². The highest BCUT2D eigenvalue weighted by molar-refractivity contribution is 5.92. The Labute approximate surface area is 136 Å². The van der Waals surface area contributed by atoms with Crippen LogP contribution in [0.15, 0.2) is 42.7 Å². The van der Waals surface area contributed by atoms with Crippen LogP contribution in [-0.4, -0.2) is 40.9 Å². The highest BCUT2D eigenvalue weighted by Crippen LogP contribution is 2.30. The van der Waals surface area contributed by atoms with E-state index in [1.807, 2.05) is 30.3 Å². The molecule has 2 aromatic rings. The molecule has 1 N–H and O–H groups in total. The van der Waals surface area contributed by atoms with E-state index in [1.165, 1.54) is 12.0 Å². The fraction of sp³-hybridized carbons (Fsp3) is 0.389. The number of hydrogen-bond acceptors (Lipinski definition) is 4. The first kappa shape index (κ1) is 15.6. The van der Waals surface area contributed by atoms with Crippen molar-refractivity contribution in [3.63, 3.8) is 0 Å². The van der Waals surface area contributed by atoms with E-state index in [4.69, 9.17) is 0 Å². The Morgan fingerprint density at radius 2 is 2.22 bits per heavy atom. The highest BCUT2D eigenvalue weighted by atomic mass is 16.1. The predicted molar refractivity (Wildman–Crippen MR) is 89.1 cm³/mol. The monoisotopic (exact) mass is 310 g/mol. The molecule has 120 valence electrons. The molecule has 2 aromatic heterocycles. The zero-order valence-corrected chi connectivity index (χ0v) is 13.4. The minimum Gasteiger partial charge on any atom is -0.350 e. The molecule has 5 heteroatoms. The van der Waals surface area contributed by atoms with E-state index in [1.54, 1.807) is 12.4 Å². The third kappa shape index (κ3) is 3.93. The van der Waals surface area contributed by atoms with Gasteiger partial charge in [0, 0.05) is 37.1 Å². The summed E-state index contributed by atoms with van der Waals surface area (Å²) in [6.45, 7) is 1.67. The molecule has 1 amide bonds. The van der Waals surface area contributed by atoms with Crippen LogP contribution in [0.25, 0.3) is 0 Å². The number of nitrogens with zero attached hydrogens (tertiary/aromatic N) is 3. The van der Waals surface area contributed by atoms with E-state index in [0.717, 1.165) is 25.1 Å². The Morgan fingerprint density at radius 3 is 2.96 bits per heavy atom. The predicted octanol–water partition coefficient (Wildman–Crippen LogP) is 2.22. The molecule has 1 aliphatic heterocycles. The maximum absolute atomic E-state index is 12.3. The molecule has 3 heterocycles. The topological polar surface area (TPSA) is 58.1 Å². The highest BCUT2D eigenvalue weighted by Gasteiger charge is 2.23. The van der Waals surface area contributed by atoms with Gasteiger partial charge in [-0.05, 0) is 56.3 Å². The Balaban J connectivity index is 1.59. The standard InChI is InChI=1S/C18H22N4O/c1-22-12-4-6-17(22)14-7-10-20-16(13-14)18(23)21-11-8-15-5-2-3-9-19-15/h2-3,5,7,9-10,13,17H,4,6,8,11-12H2,1H3,(H,21,23)/t17-/m1/s1. The van der Waals surface area contributed by atoms with Gasteiger partial charge >= 0.3 is 0 Å². The lowest BCUT2D eigenvalue weighted by Crippen LogP contribution is -2.27. The van der Waals surface area contributed by atoms with Crippen LogP contribution in [0, 0.1) is 0 Å². The fourth-order valence-corrected chi connectivity index (χ4v) is 3.05. The van der Waals surface area contributed by atoms with E-state index in [-0.39, 0.29) is 5.91 Å². The van der Waals surface area contributed by atoms with Crippen molar-refractivity contribution in [2.45, 2.75) is 25.3 Å². The molecule has 1 fully saturated rings. The van der Waals surface area contributed by atoms with Crippen molar-refractivity contribution in [3.05, 3.63) is 59.7 Å². The van der Waals surface area contributed by atoms with Crippen molar-refractivity contribution in [3.8, 4) is 0 Å². The van der Waals surface area contributed by atoms with Crippen LogP contribution in [0.3, 0.4) is 0 Å². The molecule has 23 heavy (non-hydrogen) atoms. The first-order valence-electron chi connectivity index (χ1n) is 8.08. The maximum Gasteiger partial charge on any atom is 0.269 e. The molecular weight excluding hydrogens is 288 g/mol. The van der Waals surface area contributed by atoms with Gasteiger partial charge in [-0.3, -0.25) is 19.7 Å². The third-order valence-electron chi connectivity index (χ3n) is 4.31. The van der Waals surface area contributed by atoms with Crippen LogP contribution < -0.4 is 5.32 Å². The lowest BCUT2D eigenvalue weighted by Gasteiger charge is -2.19. The first-order chi connectivity index (χ1) is 11.2. The summed E-state index contributed by atoms with van der Waals surface area (Å²) in [6, 6.07) is 10.1. The number of aromatic nitrogens is 2. The average molecular weight is 310 g/mol. The first-order valence-corrected chi connectivity index (χ1v) is 8.08. The number of nitrogens with one attached hydrogen (secondary N) is 1. The number of amides is 1. The molecule has 0 bridgehead atoms. The molecule has 0 unspecified atom stereocenters. The van der Waals surface area contributed by atoms with Crippen LogP contribution in [0.5, 0.6) is 0 Å². The number of hydrogen-bond donors (Lipinski definition) is 1. The van der Waals surface area contributed by atoms with Gasteiger partial charge in [0.15, 0.2) is 0 Å². The van der Waals surface area contributed by atoms with Crippen molar-refractivity contribution >= 4 is 5.91 Å². The molecule has 1 atom stereocenters. The number of carbonyl (C=O) groups excluding carboxylic acids is 1. The Hall–Kier alpha value is -2.27. The van der Waals surface area contributed by atoms with E-state index in [9.17, 15) is 4.79 Å². The van der Waals surface area contributed by atoms with E-state index < -0.39 is 0 Å². The van der Waals surface area contributed by atoms with E-state index >= 15 is 0 Å². The number of pyridine rings is 2. The third-order valence-corrected chi connectivity index (χ3v) is 4.31. The van der Waals surface area contributed by atoms with Crippen molar-refractivity contribution in [2.75, 3.05) is 20.1 Å². The van der Waals surface area contributed by atoms with Gasteiger partial charge in [-0.2, -0.15) is 0 Å². The van der Waals surface area contributed by atoms with Gasteiger partial charge < -0.3 is 5.32 Å². The Kier molecular flexibility index (Phi) is 4.98. The Morgan fingerprint density at radius 1 is 1.30 bits per heavy atom. The Bertz CT molecular complexity index is 659. The molecule has 0 aromatic carbocycles. The molecule has 0 saturated carbocycles. The van der Waals surface area contributed by atoms with Gasteiger partial charge in [0.25, 0.3) is 5.91 Å². The van der Waals surface area contributed by atoms with Gasteiger partial charge in [0.1, 0.15) is 5.69 Å². The molecule has 0 aliphatic carbocycles. The van der Waals surface area contributed by atoms with Gasteiger partial charge in [-0.25, -0.2) is 0 Å². The lowest BCUT2D eigenvalue weighted by molar-refractivity contribution is 0.0949. The van der Waals surface area contributed by atoms with Crippen LogP contribution in [-0.2, 0) is 6.42 Å². The molecule has 3 rings (SSSR count). The minimum atomic E-state index is -0.122. The minimum absolute atomic E-state index is 0.122. The second kappa shape index (κ2) is 7.33. The molecule has 1 aliphatic rings. The van der Waals surface area contributed by atoms with Gasteiger partial charge in [0.05, 0.1) is 0 Å².